The Morgan fingerprint density at radius 3 is 2.88 bits per heavy atom. The predicted octanol–water partition coefficient (Wildman–Crippen LogP) is 2.12. The van der Waals surface area contributed by atoms with Crippen molar-refractivity contribution in [3.8, 4) is 0 Å². The molecular weight excluding hydrogens is 222 g/mol. The Balaban J connectivity index is 2.29. The van der Waals surface area contributed by atoms with Gasteiger partial charge < -0.3 is 14.9 Å². The highest BCUT2D eigenvalue weighted by atomic mass is 32.1. The van der Waals surface area contributed by atoms with Gasteiger partial charge in [0.2, 0.25) is 5.91 Å². The van der Waals surface area contributed by atoms with Crippen molar-refractivity contribution in [2.45, 2.75) is 38.6 Å². The van der Waals surface area contributed by atoms with E-state index >= 15 is 0 Å². The van der Waals surface area contributed by atoms with Gasteiger partial charge in [-0.3, -0.25) is 4.79 Å². The number of carbonyl (C=O) groups is 1. The van der Waals surface area contributed by atoms with Gasteiger partial charge in [-0.25, -0.2) is 0 Å². The lowest BCUT2D eigenvalue weighted by Gasteiger charge is -2.26. The van der Waals surface area contributed by atoms with Crippen molar-refractivity contribution in [3.63, 3.8) is 0 Å². The Hall–Kier alpha value is -1.10. The van der Waals surface area contributed by atoms with Crippen LogP contribution in [0.25, 0.3) is 0 Å². The number of aromatic nitrogens is 2. The fourth-order valence-electron chi connectivity index (χ4n) is 2.15. The van der Waals surface area contributed by atoms with Crippen molar-refractivity contribution < 1.29 is 4.79 Å². The van der Waals surface area contributed by atoms with Gasteiger partial charge in [0.25, 0.3) is 0 Å². The van der Waals surface area contributed by atoms with E-state index < -0.39 is 0 Å². The Morgan fingerprint density at radius 2 is 2.31 bits per heavy atom. The minimum absolute atomic E-state index is 0.143. The number of amides is 1. The van der Waals surface area contributed by atoms with E-state index in [1.54, 1.807) is 0 Å². The maximum absolute atomic E-state index is 11.1. The van der Waals surface area contributed by atoms with E-state index in [0.29, 0.717) is 24.9 Å². The number of imidazole rings is 1. The SMILES string of the molecule is CC(C)c1c[nH]c(=S)n1C1CCC(=O)NC1. The minimum Gasteiger partial charge on any atom is -0.354 e. The van der Waals surface area contributed by atoms with Crippen molar-refractivity contribution in [1.29, 1.82) is 0 Å². The lowest BCUT2D eigenvalue weighted by molar-refractivity contribution is -0.122. The lowest BCUT2D eigenvalue weighted by atomic mass is 10.0. The van der Waals surface area contributed by atoms with Gasteiger partial charge in [0.05, 0.1) is 6.04 Å². The minimum atomic E-state index is 0.143. The van der Waals surface area contributed by atoms with Crippen LogP contribution in [0.5, 0.6) is 0 Å². The molecular formula is C11H17N3OS. The highest BCUT2D eigenvalue weighted by Gasteiger charge is 2.22. The van der Waals surface area contributed by atoms with Crippen LogP contribution < -0.4 is 5.32 Å². The smallest absolute Gasteiger partial charge is 0.220 e. The van der Waals surface area contributed by atoms with Crippen LogP contribution >= 0.6 is 12.2 Å². The zero-order valence-corrected chi connectivity index (χ0v) is 10.4. The van der Waals surface area contributed by atoms with Crippen LogP contribution in [0.4, 0.5) is 0 Å². The summed E-state index contributed by atoms with van der Waals surface area (Å²) in [6, 6.07) is 0.300. The molecule has 0 aliphatic carbocycles. The van der Waals surface area contributed by atoms with E-state index in [2.05, 4.69) is 28.7 Å². The second-order valence-electron chi connectivity index (χ2n) is 4.54. The van der Waals surface area contributed by atoms with E-state index in [4.69, 9.17) is 12.2 Å². The standard InChI is InChI=1S/C11H17N3OS/c1-7(2)9-6-13-11(16)14(9)8-3-4-10(15)12-5-8/h6-8H,3-5H2,1-2H3,(H,12,15)(H,13,16). The number of hydrogen-bond donors (Lipinski definition) is 2. The maximum atomic E-state index is 11.1. The number of H-pyrrole nitrogens is 1. The Kier molecular flexibility index (Phi) is 3.14. The molecule has 1 atom stereocenters. The van der Waals surface area contributed by atoms with Gasteiger partial charge in [0.1, 0.15) is 0 Å². The third-order valence-corrected chi connectivity index (χ3v) is 3.35. The van der Waals surface area contributed by atoms with Crippen LogP contribution in [0.15, 0.2) is 6.20 Å². The molecule has 2 N–H and O–H groups in total. The lowest BCUT2D eigenvalue weighted by Crippen LogP contribution is -2.36. The van der Waals surface area contributed by atoms with Crippen LogP contribution in [0.3, 0.4) is 0 Å². The first-order valence-electron chi connectivity index (χ1n) is 5.66. The third kappa shape index (κ3) is 2.04. The van der Waals surface area contributed by atoms with E-state index in [1.807, 2.05) is 6.20 Å². The number of rotatable bonds is 2. The zero-order valence-electron chi connectivity index (χ0n) is 9.62. The number of hydrogen-bond acceptors (Lipinski definition) is 2. The first-order valence-corrected chi connectivity index (χ1v) is 6.07. The van der Waals surface area contributed by atoms with Crippen molar-refractivity contribution in [2.75, 3.05) is 6.54 Å². The molecule has 5 heteroatoms. The van der Waals surface area contributed by atoms with Gasteiger partial charge in [0.15, 0.2) is 4.77 Å². The van der Waals surface area contributed by atoms with Gasteiger partial charge in [-0.1, -0.05) is 13.8 Å². The quantitative estimate of drug-likeness (QED) is 0.777. The van der Waals surface area contributed by atoms with Gasteiger partial charge >= 0.3 is 0 Å². The largest absolute Gasteiger partial charge is 0.354 e. The molecule has 88 valence electrons. The summed E-state index contributed by atoms with van der Waals surface area (Å²) in [6.07, 6.45) is 3.44. The number of nitrogens with zero attached hydrogens (tertiary/aromatic N) is 1. The second kappa shape index (κ2) is 4.41. The van der Waals surface area contributed by atoms with Gasteiger partial charge in [-0.05, 0) is 24.6 Å². The number of aromatic amines is 1. The highest BCUT2D eigenvalue weighted by Crippen LogP contribution is 2.24. The van der Waals surface area contributed by atoms with Gasteiger partial charge in [-0.15, -0.1) is 0 Å². The number of carbonyl (C=O) groups excluding carboxylic acids is 1. The molecule has 1 unspecified atom stereocenters. The van der Waals surface area contributed by atoms with E-state index in [0.717, 1.165) is 11.2 Å². The summed E-state index contributed by atoms with van der Waals surface area (Å²) >= 11 is 5.30. The van der Waals surface area contributed by atoms with Crippen molar-refractivity contribution >= 4 is 18.1 Å². The maximum Gasteiger partial charge on any atom is 0.220 e. The molecule has 0 radical (unpaired) electrons. The van der Waals surface area contributed by atoms with Crippen LogP contribution in [-0.4, -0.2) is 22.0 Å². The second-order valence-corrected chi connectivity index (χ2v) is 4.93. The van der Waals surface area contributed by atoms with Gasteiger partial charge in [-0.2, -0.15) is 0 Å². The molecule has 1 aromatic rings. The van der Waals surface area contributed by atoms with E-state index in [-0.39, 0.29) is 5.91 Å². The van der Waals surface area contributed by atoms with Crippen molar-refractivity contribution in [2.24, 2.45) is 0 Å². The molecule has 2 rings (SSSR count). The molecule has 4 nitrogen and oxygen atoms in total. The molecule has 2 heterocycles. The highest BCUT2D eigenvalue weighted by molar-refractivity contribution is 7.71. The molecule has 0 aromatic carbocycles. The molecule has 1 aliphatic heterocycles. The van der Waals surface area contributed by atoms with E-state index in [1.165, 1.54) is 5.69 Å². The summed E-state index contributed by atoms with van der Waals surface area (Å²) in [5, 5.41) is 2.89. The van der Waals surface area contributed by atoms with Crippen LogP contribution in [0.1, 0.15) is 44.3 Å². The van der Waals surface area contributed by atoms with Crippen LogP contribution in [0, 0.1) is 4.77 Å². The summed E-state index contributed by atoms with van der Waals surface area (Å²) in [7, 11) is 0. The Labute approximate surface area is 100 Å². The average molecular weight is 239 g/mol. The van der Waals surface area contributed by atoms with Crippen LogP contribution in [0.2, 0.25) is 0 Å². The molecule has 0 spiro atoms. The van der Waals surface area contributed by atoms with Crippen LogP contribution in [-0.2, 0) is 4.79 Å². The molecule has 16 heavy (non-hydrogen) atoms. The fourth-order valence-corrected chi connectivity index (χ4v) is 2.47. The molecule has 0 saturated carbocycles. The Bertz CT molecular complexity index is 436. The molecule has 1 aliphatic rings. The third-order valence-electron chi connectivity index (χ3n) is 3.04. The normalized spacial score (nSPS) is 21.2. The summed E-state index contributed by atoms with van der Waals surface area (Å²) in [4.78, 5) is 14.2. The predicted molar refractivity (Wildman–Crippen MR) is 65.0 cm³/mol. The van der Waals surface area contributed by atoms with Crippen molar-refractivity contribution in [3.05, 3.63) is 16.7 Å². The number of nitrogens with one attached hydrogen (secondary N) is 2. The molecule has 1 saturated heterocycles. The summed E-state index contributed by atoms with van der Waals surface area (Å²) < 4.78 is 2.91. The van der Waals surface area contributed by atoms with Gasteiger partial charge in [0, 0.05) is 24.9 Å². The number of piperidine rings is 1. The van der Waals surface area contributed by atoms with E-state index in [9.17, 15) is 4.79 Å². The molecule has 0 bridgehead atoms. The molecule has 1 fully saturated rings. The summed E-state index contributed by atoms with van der Waals surface area (Å²) in [6.45, 7) is 4.98. The first kappa shape index (κ1) is 11.4. The zero-order chi connectivity index (χ0) is 11.7. The summed E-state index contributed by atoms with van der Waals surface area (Å²) in [5.41, 5.74) is 1.21. The monoisotopic (exact) mass is 239 g/mol. The topological polar surface area (TPSA) is 49.8 Å². The fraction of sp³-hybridized carbons (Fsp3) is 0.636. The molecule has 1 aromatic heterocycles. The van der Waals surface area contributed by atoms with Crippen molar-refractivity contribution in [1.82, 2.24) is 14.9 Å². The molecule has 1 amide bonds. The summed E-state index contributed by atoms with van der Waals surface area (Å²) in [5.74, 6) is 0.579. The average Bonchev–Trinajstić information content (AvgIpc) is 2.62. The Morgan fingerprint density at radius 1 is 1.56 bits per heavy atom. The first-order chi connectivity index (χ1) is 7.59.